The van der Waals surface area contributed by atoms with Crippen LogP contribution in [0.4, 0.5) is 5.13 Å². The summed E-state index contributed by atoms with van der Waals surface area (Å²) >= 11 is 1.88. The molecule has 1 saturated heterocycles. The van der Waals surface area contributed by atoms with Gasteiger partial charge in [0.1, 0.15) is 0 Å². The smallest absolute Gasteiger partial charge is 0.185 e. The maximum Gasteiger partial charge on any atom is 0.185 e. The van der Waals surface area contributed by atoms with Gasteiger partial charge in [-0.15, -0.1) is 0 Å². The third-order valence-electron chi connectivity index (χ3n) is 3.78. The van der Waals surface area contributed by atoms with Gasteiger partial charge in [0.25, 0.3) is 0 Å². The minimum Gasteiger partial charge on any atom is -0.380 e. The molecule has 1 aliphatic heterocycles. The molecule has 3 rings (SSSR count). The lowest BCUT2D eigenvalue weighted by Gasteiger charge is -2.20. The number of thiazole rings is 1. The Balaban J connectivity index is 1.82. The molecule has 0 radical (unpaired) electrons. The van der Waals surface area contributed by atoms with E-state index in [2.05, 4.69) is 17.3 Å². The van der Waals surface area contributed by atoms with Gasteiger partial charge in [-0.25, -0.2) is 4.98 Å². The summed E-state index contributed by atoms with van der Waals surface area (Å²) in [6.07, 6.45) is 4.76. The van der Waals surface area contributed by atoms with Crippen molar-refractivity contribution in [3.63, 3.8) is 0 Å². The van der Waals surface area contributed by atoms with Gasteiger partial charge in [-0.3, -0.25) is 0 Å². The first-order valence-corrected chi connectivity index (χ1v) is 7.69. The van der Waals surface area contributed by atoms with Crippen LogP contribution in [-0.4, -0.2) is 38.3 Å². The van der Waals surface area contributed by atoms with Crippen LogP contribution in [0.3, 0.4) is 0 Å². The van der Waals surface area contributed by atoms with Gasteiger partial charge in [-0.1, -0.05) is 11.3 Å². The molecule has 1 aromatic rings. The highest BCUT2D eigenvalue weighted by atomic mass is 32.1. The molecule has 18 heavy (non-hydrogen) atoms. The normalized spacial score (nSPS) is 24.7. The fourth-order valence-corrected chi connectivity index (χ4v) is 4.06. The van der Waals surface area contributed by atoms with Crippen LogP contribution in [0.5, 0.6) is 0 Å². The number of hydrogen-bond acceptors (Lipinski definition) is 5. The quantitative estimate of drug-likeness (QED) is 0.889. The first kappa shape index (κ1) is 12.4. The lowest BCUT2D eigenvalue weighted by Crippen LogP contribution is -2.25. The van der Waals surface area contributed by atoms with Crippen LogP contribution in [0, 0.1) is 0 Å². The molecule has 1 fully saturated rings. The maximum absolute atomic E-state index is 5.51. The third-order valence-corrected chi connectivity index (χ3v) is 5.05. The highest BCUT2D eigenvalue weighted by molar-refractivity contribution is 7.15. The number of aromatic nitrogens is 1. The maximum atomic E-state index is 5.51. The van der Waals surface area contributed by atoms with Gasteiger partial charge < -0.3 is 15.0 Å². The second-order valence-corrected chi connectivity index (χ2v) is 6.00. The molecule has 1 aliphatic carbocycles. The predicted octanol–water partition coefficient (Wildman–Crippen LogP) is 1.97. The molecule has 0 amide bonds. The molecule has 1 aromatic heterocycles. The van der Waals surface area contributed by atoms with E-state index in [9.17, 15) is 0 Å². The standard InChI is InChI=1S/C13H21N3OS/c1-14-10-4-2-5-11-12(10)18-13(15-11)16-6-3-8-17-9-7-16/h10,14H,2-9H2,1H3. The molecule has 0 saturated carbocycles. The first-order chi connectivity index (χ1) is 8.88. The fraction of sp³-hybridized carbons (Fsp3) is 0.769. The average Bonchev–Trinajstić information content (AvgIpc) is 2.65. The zero-order chi connectivity index (χ0) is 12.4. The summed E-state index contributed by atoms with van der Waals surface area (Å²) in [5.41, 5.74) is 1.32. The average molecular weight is 267 g/mol. The van der Waals surface area contributed by atoms with Crippen LogP contribution in [0.2, 0.25) is 0 Å². The first-order valence-electron chi connectivity index (χ1n) is 6.88. The van der Waals surface area contributed by atoms with Crippen molar-refractivity contribution in [3.05, 3.63) is 10.6 Å². The fourth-order valence-electron chi connectivity index (χ4n) is 2.75. The Kier molecular flexibility index (Phi) is 3.82. The number of hydrogen-bond donors (Lipinski definition) is 1. The second kappa shape index (κ2) is 5.55. The molecule has 5 heteroatoms. The Morgan fingerprint density at radius 3 is 3.17 bits per heavy atom. The van der Waals surface area contributed by atoms with Gasteiger partial charge in [0.2, 0.25) is 0 Å². The zero-order valence-corrected chi connectivity index (χ0v) is 11.8. The summed E-state index contributed by atoms with van der Waals surface area (Å²) in [5, 5.41) is 4.62. The predicted molar refractivity (Wildman–Crippen MR) is 74.5 cm³/mol. The molecular weight excluding hydrogens is 246 g/mol. The molecule has 1 atom stereocenters. The van der Waals surface area contributed by atoms with E-state index in [1.54, 1.807) is 0 Å². The van der Waals surface area contributed by atoms with E-state index in [0.717, 1.165) is 39.1 Å². The molecule has 100 valence electrons. The third kappa shape index (κ3) is 2.39. The van der Waals surface area contributed by atoms with Crippen molar-refractivity contribution < 1.29 is 4.74 Å². The Hall–Kier alpha value is -0.650. The Labute approximate surface area is 112 Å². The van der Waals surface area contributed by atoms with E-state index in [1.165, 1.54) is 28.5 Å². The number of anilines is 1. The van der Waals surface area contributed by atoms with Gasteiger partial charge >= 0.3 is 0 Å². The summed E-state index contributed by atoms with van der Waals surface area (Å²) in [4.78, 5) is 8.72. The molecule has 0 bridgehead atoms. The van der Waals surface area contributed by atoms with Crippen LogP contribution in [-0.2, 0) is 11.2 Å². The number of fused-ring (bicyclic) bond motifs is 1. The van der Waals surface area contributed by atoms with Crippen LogP contribution in [0.1, 0.15) is 35.9 Å². The molecule has 0 spiro atoms. The van der Waals surface area contributed by atoms with E-state index >= 15 is 0 Å². The van der Waals surface area contributed by atoms with Gasteiger partial charge in [-0.05, 0) is 32.7 Å². The monoisotopic (exact) mass is 267 g/mol. The molecular formula is C13H21N3OS. The van der Waals surface area contributed by atoms with Gasteiger partial charge in [0.15, 0.2) is 5.13 Å². The van der Waals surface area contributed by atoms with Crippen molar-refractivity contribution >= 4 is 16.5 Å². The largest absolute Gasteiger partial charge is 0.380 e. The SMILES string of the molecule is CNC1CCCc2nc(N3CCCOCC3)sc21. The van der Waals surface area contributed by atoms with Crippen LogP contribution < -0.4 is 10.2 Å². The summed E-state index contributed by atoms with van der Waals surface area (Å²) in [7, 11) is 2.05. The molecule has 2 heterocycles. The van der Waals surface area contributed by atoms with E-state index in [-0.39, 0.29) is 0 Å². The number of nitrogens with one attached hydrogen (secondary N) is 1. The highest BCUT2D eigenvalue weighted by Crippen LogP contribution is 2.37. The summed E-state index contributed by atoms with van der Waals surface area (Å²) in [6, 6.07) is 0.517. The van der Waals surface area contributed by atoms with Crippen LogP contribution in [0.15, 0.2) is 0 Å². The van der Waals surface area contributed by atoms with Crippen LogP contribution in [0.25, 0.3) is 0 Å². The molecule has 2 aliphatic rings. The number of ether oxygens (including phenoxy) is 1. The lowest BCUT2D eigenvalue weighted by molar-refractivity contribution is 0.152. The van der Waals surface area contributed by atoms with Crippen LogP contribution >= 0.6 is 11.3 Å². The van der Waals surface area contributed by atoms with Gasteiger partial charge in [0.05, 0.1) is 12.3 Å². The Morgan fingerprint density at radius 1 is 1.33 bits per heavy atom. The van der Waals surface area contributed by atoms with E-state index in [0.29, 0.717) is 6.04 Å². The molecule has 1 unspecified atom stereocenters. The van der Waals surface area contributed by atoms with E-state index < -0.39 is 0 Å². The second-order valence-electron chi connectivity index (χ2n) is 4.99. The van der Waals surface area contributed by atoms with Crippen molar-refractivity contribution in [2.75, 3.05) is 38.3 Å². The Morgan fingerprint density at radius 2 is 2.28 bits per heavy atom. The number of aryl methyl sites for hydroxylation is 1. The van der Waals surface area contributed by atoms with Crippen molar-refractivity contribution in [1.82, 2.24) is 10.3 Å². The summed E-state index contributed by atoms with van der Waals surface area (Å²) in [6.45, 7) is 3.79. The minimum absolute atomic E-state index is 0.517. The number of nitrogens with zero attached hydrogens (tertiary/aromatic N) is 2. The molecule has 4 nitrogen and oxygen atoms in total. The van der Waals surface area contributed by atoms with Gasteiger partial charge in [0, 0.05) is 30.6 Å². The highest BCUT2D eigenvalue weighted by Gasteiger charge is 2.25. The lowest BCUT2D eigenvalue weighted by atomic mass is 9.98. The van der Waals surface area contributed by atoms with Gasteiger partial charge in [-0.2, -0.15) is 0 Å². The summed E-state index contributed by atoms with van der Waals surface area (Å²) < 4.78 is 5.51. The molecule has 0 aromatic carbocycles. The summed E-state index contributed by atoms with van der Waals surface area (Å²) in [5.74, 6) is 0. The van der Waals surface area contributed by atoms with Crippen molar-refractivity contribution in [2.45, 2.75) is 31.7 Å². The zero-order valence-electron chi connectivity index (χ0n) is 10.9. The van der Waals surface area contributed by atoms with Crippen molar-refractivity contribution in [2.24, 2.45) is 0 Å². The molecule has 1 N–H and O–H groups in total. The number of rotatable bonds is 2. The van der Waals surface area contributed by atoms with Crippen molar-refractivity contribution in [3.8, 4) is 0 Å². The van der Waals surface area contributed by atoms with E-state index in [1.807, 2.05) is 11.3 Å². The Bertz CT molecular complexity index is 399. The topological polar surface area (TPSA) is 37.4 Å². The van der Waals surface area contributed by atoms with Crippen molar-refractivity contribution in [1.29, 1.82) is 0 Å². The minimum atomic E-state index is 0.517. The van der Waals surface area contributed by atoms with E-state index in [4.69, 9.17) is 9.72 Å².